The number of hydrogen-bond acceptors (Lipinski definition) is 6. The van der Waals surface area contributed by atoms with Crippen LogP contribution >= 0.6 is 0 Å². The Morgan fingerprint density at radius 2 is 1.80 bits per heavy atom. The highest BCUT2D eigenvalue weighted by Gasteiger charge is 2.33. The summed E-state index contributed by atoms with van der Waals surface area (Å²) in [5.41, 5.74) is 3.07. The number of sulfonamides is 1. The van der Waals surface area contributed by atoms with Crippen molar-refractivity contribution in [2.75, 3.05) is 0 Å². The van der Waals surface area contributed by atoms with Gasteiger partial charge < -0.3 is 4.42 Å². The fourth-order valence-corrected chi connectivity index (χ4v) is 5.43. The third-order valence-electron chi connectivity index (χ3n) is 5.60. The first kappa shape index (κ1) is 18.8. The molecule has 0 bridgehead atoms. The lowest BCUT2D eigenvalue weighted by Crippen LogP contribution is -2.39. The summed E-state index contributed by atoms with van der Waals surface area (Å²) in [5.74, 6) is -1.66. The Morgan fingerprint density at radius 1 is 1.00 bits per heavy atom. The molecule has 0 radical (unpaired) electrons. The fraction of sp³-hybridized carbons (Fsp3) is 0.250. The number of aromatic amines is 1. The Kier molecular flexibility index (Phi) is 4.16. The summed E-state index contributed by atoms with van der Waals surface area (Å²) in [5, 5.41) is 2.35. The highest BCUT2D eigenvalue weighted by atomic mass is 32.2. The van der Waals surface area contributed by atoms with Crippen molar-refractivity contribution in [3.63, 3.8) is 0 Å². The van der Waals surface area contributed by atoms with Gasteiger partial charge in [-0.2, -0.15) is 4.31 Å². The van der Waals surface area contributed by atoms with Crippen molar-refractivity contribution < 1.29 is 22.4 Å². The van der Waals surface area contributed by atoms with Crippen LogP contribution in [-0.2, 0) is 32.7 Å². The van der Waals surface area contributed by atoms with Crippen LogP contribution in [0.5, 0.6) is 0 Å². The zero-order chi connectivity index (χ0) is 21.0. The van der Waals surface area contributed by atoms with Crippen molar-refractivity contribution in [2.24, 2.45) is 0 Å². The number of hydrogen-bond donors (Lipinski definition) is 2. The number of benzene rings is 2. The largest absolute Gasteiger partial charge is 0.417 e. The lowest BCUT2D eigenvalue weighted by Gasteiger charge is -2.21. The third-order valence-corrected chi connectivity index (χ3v) is 7.38. The highest BCUT2D eigenvalue weighted by Crippen LogP contribution is 2.33. The van der Waals surface area contributed by atoms with Gasteiger partial charge in [0.2, 0.25) is 21.8 Å². The molecule has 5 rings (SSSR count). The minimum Gasteiger partial charge on any atom is -0.408 e. The van der Waals surface area contributed by atoms with Crippen LogP contribution in [-0.4, -0.2) is 29.5 Å². The molecular weight excluding hydrogens is 410 g/mol. The van der Waals surface area contributed by atoms with E-state index in [-0.39, 0.29) is 41.8 Å². The van der Waals surface area contributed by atoms with Crippen molar-refractivity contribution in [2.45, 2.75) is 36.7 Å². The zero-order valence-corrected chi connectivity index (χ0v) is 16.5. The summed E-state index contributed by atoms with van der Waals surface area (Å²) < 4.78 is 32.6. The maximum Gasteiger partial charge on any atom is 0.417 e. The molecule has 3 heterocycles. The third kappa shape index (κ3) is 3.04. The lowest BCUT2D eigenvalue weighted by molar-refractivity contribution is -0.134. The molecule has 1 fully saturated rings. The van der Waals surface area contributed by atoms with E-state index in [4.69, 9.17) is 4.42 Å². The summed E-state index contributed by atoms with van der Waals surface area (Å²) in [7, 11) is -3.81. The van der Waals surface area contributed by atoms with Crippen LogP contribution in [0.1, 0.15) is 35.4 Å². The SMILES string of the molecule is O=C1CCC(c2ccc3c(c2)CN(S(=O)(=O)c2ccc4[nH]c(=O)oc4c2)C3)C(=O)N1. The van der Waals surface area contributed by atoms with Gasteiger partial charge in [0.1, 0.15) is 0 Å². The molecule has 2 aromatic carbocycles. The second-order valence-electron chi connectivity index (χ2n) is 7.48. The van der Waals surface area contributed by atoms with E-state index < -0.39 is 21.7 Å². The first-order valence-electron chi connectivity index (χ1n) is 9.40. The minimum atomic E-state index is -3.81. The molecule has 1 unspecified atom stereocenters. The van der Waals surface area contributed by atoms with E-state index in [0.717, 1.165) is 16.7 Å². The van der Waals surface area contributed by atoms with Crippen molar-refractivity contribution in [3.05, 3.63) is 63.6 Å². The van der Waals surface area contributed by atoms with Gasteiger partial charge in [0.15, 0.2) is 5.58 Å². The van der Waals surface area contributed by atoms with Crippen LogP contribution in [0.4, 0.5) is 0 Å². The smallest absolute Gasteiger partial charge is 0.408 e. The van der Waals surface area contributed by atoms with Gasteiger partial charge in [-0.25, -0.2) is 13.2 Å². The topological polar surface area (TPSA) is 130 Å². The monoisotopic (exact) mass is 427 g/mol. The molecule has 2 N–H and O–H groups in total. The molecular formula is C20H17N3O6S. The Hall–Kier alpha value is -3.24. The van der Waals surface area contributed by atoms with Crippen molar-refractivity contribution in [1.29, 1.82) is 0 Å². The molecule has 0 saturated carbocycles. The van der Waals surface area contributed by atoms with Gasteiger partial charge in [0.05, 0.1) is 16.3 Å². The van der Waals surface area contributed by atoms with Crippen molar-refractivity contribution in [1.82, 2.24) is 14.6 Å². The normalized spacial score (nSPS) is 19.8. The van der Waals surface area contributed by atoms with Gasteiger partial charge in [-0.1, -0.05) is 18.2 Å². The van der Waals surface area contributed by atoms with E-state index in [9.17, 15) is 22.8 Å². The number of H-pyrrole nitrogens is 1. The number of oxazole rings is 1. The van der Waals surface area contributed by atoms with Crippen molar-refractivity contribution in [3.8, 4) is 0 Å². The van der Waals surface area contributed by atoms with Gasteiger partial charge in [0, 0.05) is 25.6 Å². The van der Waals surface area contributed by atoms with E-state index >= 15 is 0 Å². The van der Waals surface area contributed by atoms with E-state index in [1.54, 1.807) is 0 Å². The number of rotatable bonds is 3. The molecule has 2 aliphatic rings. The summed E-state index contributed by atoms with van der Waals surface area (Å²) in [6, 6.07) is 9.76. The van der Waals surface area contributed by atoms with Crippen LogP contribution in [0.25, 0.3) is 11.1 Å². The van der Waals surface area contributed by atoms with Crippen LogP contribution in [0.15, 0.2) is 50.5 Å². The number of piperidine rings is 1. The molecule has 1 aromatic heterocycles. The second kappa shape index (κ2) is 6.64. The van der Waals surface area contributed by atoms with Gasteiger partial charge in [-0.3, -0.25) is 19.9 Å². The van der Waals surface area contributed by atoms with E-state index in [2.05, 4.69) is 10.3 Å². The summed E-state index contributed by atoms with van der Waals surface area (Å²) in [4.78, 5) is 37.4. The number of amides is 2. The van der Waals surface area contributed by atoms with Crippen LogP contribution < -0.4 is 11.1 Å². The maximum atomic E-state index is 13.1. The molecule has 3 aromatic rings. The van der Waals surface area contributed by atoms with Gasteiger partial charge >= 0.3 is 5.76 Å². The highest BCUT2D eigenvalue weighted by molar-refractivity contribution is 7.89. The van der Waals surface area contributed by atoms with E-state index in [1.165, 1.54) is 22.5 Å². The molecule has 0 spiro atoms. The summed E-state index contributed by atoms with van der Waals surface area (Å²) >= 11 is 0. The summed E-state index contributed by atoms with van der Waals surface area (Å²) in [6.07, 6.45) is 0.721. The first-order valence-corrected chi connectivity index (χ1v) is 10.8. The van der Waals surface area contributed by atoms with Crippen LogP contribution in [0.2, 0.25) is 0 Å². The summed E-state index contributed by atoms with van der Waals surface area (Å²) in [6.45, 7) is 0.385. The average Bonchev–Trinajstić information content (AvgIpc) is 3.29. The van der Waals surface area contributed by atoms with Gasteiger partial charge in [0.25, 0.3) is 0 Å². The number of carbonyl (C=O) groups excluding carboxylic acids is 2. The number of nitrogens with zero attached hydrogens (tertiary/aromatic N) is 1. The molecule has 1 saturated heterocycles. The second-order valence-corrected chi connectivity index (χ2v) is 9.42. The standard InChI is InChI=1S/C20H17N3O6S/c24-18-6-4-15(19(25)22-18)11-1-2-12-9-23(10-13(12)7-11)30(27,28)14-3-5-16-17(8-14)29-20(26)21-16/h1-3,5,7-8,15H,4,6,9-10H2,(H,21,26)(H,22,24,25). The molecule has 2 aliphatic heterocycles. The Balaban J connectivity index is 1.42. The number of fused-ring (bicyclic) bond motifs is 2. The Labute approximate surface area is 170 Å². The molecule has 1 atom stereocenters. The first-order chi connectivity index (χ1) is 14.3. The predicted octanol–water partition coefficient (Wildman–Crippen LogP) is 1.35. The van der Waals surface area contributed by atoms with Crippen molar-refractivity contribution >= 4 is 32.9 Å². The number of aromatic nitrogens is 1. The number of nitrogens with one attached hydrogen (secondary N) is 2. The number of imide groups is 1. The minimum absolute atomic E-state index is 0.0379. The Morgan fingerprint density at radius 3 is 2.60 bits per heavy atom. The van der Waals surface area contributed by atoms with E-state index in [1.807, 2.05) is 18.2 Å². The lowest BCUT2D eigenvalue weighted by atomic mass is 9.89. The number of carbonyl (C=O) groups is 2. The molecule has 9 nitrogen and oxygen atoms in total. The molecule has 0 aliphatic carbocycles. The zero-order valence-electron chi connectivity index (χ0n) is 15.7. The molecule has 2 amide bonds. The van der Waals surface area contributed by atoms with Gasteiger partial charge in [-0.05, 0) is 35.2 Å². The van der Waals surface area contributed by atoms with Crippen LogP contribution in [0, 0.1) is 0 Å². The molecule has 30 heavy (non-hydrogen) atoms. The maximum absolute atomic E-state index is 13.1. The van der Waals surface area contributed by atoms with Gasteiger partial charge in [-0.15, -0.1) is 0 Å². The van der Waals surface area contributed by atoms with Crippen LogP contribution in [0.3, 0.4) is 0 Å². The average molecular weight is 427 g/mol. The van der Waals surface area contributed by atoms with E-state index in [0.29, 0.717) is 11.9 Å². The Bertz CT molecular complexity index is 1370. The molecule has 154 valence electrons. The molecule has 10 heteroatoms. The quantitative estimate of drug-likeness (QED) is 0.607. The predicted molar refractivity (Wildman–Crippen MR) is 105 cm³/mol. The fourth-order valence-electron chi connectivity index (χ4n) is 4.02.